The Hall–Kier alpha value is -3.53. The van der Waals surface area contributed by atoms with Gasteiger partial charge in [0.05, 0.1) is 24.7 Å². The summed E-state index contributed by atoms with van der Waals surface area (Å²) in [5.74, 6) is 2.54. The number of methoxy groups -OCH3 is 1. The van der Waals surface area contributed by atoms with Crippen LogP contribution in [0.5, 0.6) is 11.5 Å². The lowest BCUT2D eigenvalue weighted by molar-refractivity contribution is 0.280. The van der Waals surface area contributed by atoms with Gasteiger partial charge >= 0.3 is 0 Å². The molecule has 152 valence electrons. The maximum Gasteiger partial charge on any atom is 0.161 e. The van der Waals surface area contributed by atoms with Gasteiger partial charge in [-0.05, 0) is 41.8 Å². The highest BCUT2D eigenvalue weighted by Gasteiger charge is 2.12. The topological polar surface area (TPSA) is 36.3 Å². The van der Waals surface area contributed by atoms with Crippen molar-refractivity contribution in [1.82, 2.24) is 9.55 Å². The molecule has 3 aromatic carbocycles. The molecular weight excluding hydrogens is 372 g/mol. The van der Waals surface area contributed by atoms with Crippen LogP contribution in [0.4, 0.5) is 0 Å². The molecule has 0 radical (unpaired) electrons. The first kappa shape index (κ1) is 19.8. The maximum atomic E-state index is 6.09. The van der Waals surface area contributed by atoms with Gasteiger partial charge in [0.15, 0.2) is 11.5 Å². The normalized spacial score (nSPS) is 10.8. The maximum absolute atomic E-state index is 6.09. The van der Waals surface area contributed by atoms with E-state index in [1.54, 1.807) is 7.11 Å². The summed E-state index contributed by atoms with van der Waals surface area (Å²) < 4.78 is 13.9. The SMILES string of the molecule is C=CCc1ccc(OCCn2c(Cc3ccccc3)nc3ccccc32)c(OC)c1. The molecule has 0 atom stereocenters. The Balaban J connectivity index is 1.54. The third-order valence-corrected chi connectivity index (χ3v) is 5.12. The highest BCUT2D eigenvalue weighted by atomic mass is 16.5. The van der Waals surface area contributed by atoms with Crippen molar-refractivity contribution in [3.63, 3.8) is 0 Å². The first-order valence-corrected chi connectivity index (χ1v) is 10.2. The van der Waals surface area contributed by atoms with E-state index in [0.717, 1.165) is 46.8 Å². The number of benzene rings is 3. The summed E-state index contributed by atoms with van der Waals surface area (Å²) in [6.45, 7) is 5.03. The molecule has 0 N–H and O–H groups in total. The number of nitrogens with zero attached hydrogens (tertiary/aromatic N) is 2. The molecule has 0 aliphatic carbocycles. The smallest absolute Gasteiger partial charge is 0.161 e. The summed E-state index contributed by atoms with van der Waals surface area (Å²) in [4.78, 5) is 4.87. The van der Waals surface area contributed by atoms with Crippen molar-refractivity contribution in [3.8, 4) is 11.5 Å². The van der Waals surface area contributed by atoms with E-state index in [1.807, 2.05) is 36.4 Å². The van der Waals surface area contributed by atoms with Crippen molar-refractivity contribution in [1.29, 1.82) is 0 Å². The molecule has 1 heterocycles. The Morgan fingerprint density at radius 1 is 0.933 bits per heavy atom. The molecule has 4 heteroatoms. The molecule has 0 aliphatic heterocycles. The van der Waals surface area contributed by atoms with Crippen molar-refractivity contribution in [2.24, 2.45) is 0 Å². The fourth-order valence-corrected chi connectivity index (χ4v) is 3.66. The summed E-state index contributed by atoms with van der Waals surface area (Å²) in [7, 11) is 1.67. The average Bonchev–Trinajstić information content (AvgIpc) is 3.12. The summed E-state index contributed by atoms with van der Waals surface area (Å²) in [5.41, 5.74) is 4.53. The van der Waals surface area contributed by atoms with Crippen LogP contribution in [0.15, 0.2) is 85.5 Å². The number of hydrogen-bond donors (Lipinski definition) is 0. The second-order valence-corrected chi connectivity index (χ2v) is 7.16. The Bertz CT molecular complexity index is 1130. The third kappa shape index (κ3) is 4.38. The molecule has 30 heavy (non-hydrogen) atoms. The Labute approximate surface area is 177 Å². The molecule has 0 spiro atoms. The van der Waals surface area contributed by atoms with Gasteiger partial charge in [-0.2, -0.15) is 0 Å². The molecule has 1 aromatic heterocycles. The molecular formula is C26H26N2O2. The Morgan fingerprint density at radius 3 is 2.53 bits per heavy atom. The second-order valence-electron chi connectivity index (χ2n) is 7.16. The lowest BCUT2D eigenvalue weighted by Crippen LogP contribution is -2.12. The third-order valence-electron chi connectivity index (χ3n) is 5.12. The highest BCUT2D eigenvalue weighted by molar-refractivity contribution is 5.76. The summed E-state index contributed by atoms with van der Waals surface area (Å²) in [6, 6.07) is 24.7. The van der Waals surface area contributed by atoms with Gasteiger partial charge in [0.25, 0.3) is 0 Å². The van der Waals surface area contributed by atoms with Crippen molar-refractivity contribution >= 4 is 11.0 Å². The first-order valence-electron chi connectivity index (χ1n) is 10.2. The minimum Gasteiger partial charge on any atom is -0.493 e. The number of allylic oxidation sites excluding steroid dienone is 1. The minimum atomic E-state index is 0.527. The monoisotopic (exact) mass is 398 g/mol. The van der Waals surface area contributed by atoms with E-state index in [2.05, 4.69) is 53.6 Å². The minimum absolute atomic E-state index is 0.527. The number of ether oxygens (including phenoxy) is 2. The molecule has 4 rings (SSSR count). The number of rotatable bonds is 9. The van der Waals surface area contributed by atoms with E-state index in [0.29, 0.717) is 13.2 Å². The zero-order valence-corrected chi connectivity index (χ0v) is 17.3. The van der Waals surface area contributed by atoms with Crippen LogP contribution in [-0.2, 0) is 19.4 Å². The van der Waals surface area contributed by atoms with Crippen LogP contribution in [0.1, 0.15) is 17.0 Å². The van der Waals surface area contributed by atoms with E-state index < -0.39 is 0 Å². The van der Waals surface area contributed by atoms with Gasteiger partial charge in [-0.25, -0.2) is 4.98 Å². The molecule has 0 saturated heterocycles. The molecule has 0 amide bonds. The molecule has 0 saturated carbocycles. The van der Waals surface area contributed by atoms with Crippen molar-refractivity contribution < 1.29 is 9.47 Å². The first-order chi connectivity index (χ1) is 14.8. The van der Waals surface area contributed by atoms with E-state index in [9.17, 15) is 0 Å². The number of fused-ring (bicyclic) bond motifs is 1. The molecule has 4 nitrogen and oxygen atoms in total. The Morgan fingerprint density at radius 2 is 1.73 bits per heavy atom. The highest BCUT2D eigenvalue weighted by Crippen LogP contribution is 2.28. The van der Waals surface area contributed by atoms with Crippen LogP contribution in [-0.4, -0.2) is 23.3 Å². The molecule has 0 fully saturated rings. The number of para-hydroxylation sites is 2. The van der Waals surface area contributed by atoms with E-state index in [1.165, 1.54) is 5.56 Å². The van der Waals surface area contributed by atoms with Gasteiger partial charge in [0.2, 0.25) is 0 Å². The van der Waals surface area contributed by atoms with Crippen LogP contribution in [0, 0.1) is 0 Å². The van der Waals surface area contributed by atoms with Crippen molar-refractivity contribution in [2.45, 2.75) is 19.4 Å². The van der Waals surface area contributed by atoms with Crippen molar-refractivity contribution in [2.75, 3.05) is 13.7 Å². The fraction of sp³-hybridized carbons (Fsp3) is 0.192. The van der Waals surface area contributed by atoms with Crippen LogP contribution in [0.25, 0.3) is 11.0 Å². The number of imidazole rings is 1. The summed E-state index contributed by atoms with van der Waals surface area (Å²) in [6.07, 6.45) is 3.48. The number of aromatic nitrogens is 2. The van der Waals surface area contributed by atoms with Gasteiger partial charge in [-0.15, -0.1) is 6.58 Å². The lowest BCUT2D eigenvalue weighted by atomic mass is 10.1. The largest absolute Gasteiger partial charge is 0.493 e. The zero-order chi connectivity index (χ0) is 20.8. The van der Waals surface area contributed by atoms with Gasteiger partial charge < -0.3 is 14.0 Å². The zero-order valence-electron chi connectivity index (χ0n) is 17.3. The quantitative estimate of drug-likeness (QED) is 0.352. The molecule has 0 aliphatic rings. The van der Waals surface area contributed by atoms with Crippen LogP contribution in [0.2, 0.25) is 0 Å². The van der Waals surface area contributed by atoms with E-state index >= 15 is 0 Å². The molecule has 0 bridgehead atoms. The Kier molecular flexibility index (Phi) is 6.14. The predicted molar refractivity (Wildman–Crippen MR) is 121 cm³/mol. The summed E-state index contributed by atoms with van der Waals surface area (Å²) in [5, 5.41) is 0. The van der Waals surface area contributed by atoms with Gasteiger partial charge in [0, 0.05) is 6.42 Å². The fourth-order valence-electron chi connectivity index (χ4n) is 3.66. The number of hydrogen-bond acceptors (Lipinski definition) is 3. The van der Waals surface area contributed by atoms with E-state index in [-0.39, 0.29) is 0 Å². The van der Waals surface area contributed by atoms with Gasteiger partial charge in [0.1, 0.15) is 12.4 Å². The lowest BCUT2D eigenvalue weighted by Gasteiger charge is -2.14. The molecule has 4 aromatic rings. The van der Waals surface area contributed by atoms with E-state index in [4.69, 9.17) is 14.5 Å². The van der Waals surface area contributed by atoms with Crippen LogP contribution >= 0.6 is 0 Å². The van der Waals surface area contributed by atoms with Crippen LogP contribution < -0.4 is 9.47 Å². The van der Waals surface area contributed by atoms with Gasteiger partial charge in [-0.1, -0.05) is 54.6 Å². The van der Waals surface area contributed by atoms with Crippen LogP contribution in [0.3, 0.4) is 0 Å². The van der Waals surface area contributed by atoms with Crippen molar-refractivity contribution in [3.05, 3.63) is 102 Å². The standard InChI is InChI=1S/C26H26N2O2/c1-3-9-20-14-15-24(25(18-20)29-2)30-17-16-28-23-13-8-7-12-22(23)27-26(28)19-21-10-5-4-6-11-21/h3-8,10-15,18H,1,9,16-17,19H2,2H3. The predicted octanol–water partition coefficient (Wildman–Crippen LogP) is 5.44. The van der Waals surface area contributed by atoms with Gasteiger partial charge in [-0.3, -0.25) is 0 Å². The summed E-state index contributed by atoms with van der Waals surface area (Å²) >= 11 is 0. The molecule has 0 unspecified atom stereocenters. The second kappa shape index (κ2) is 9.31. The average molecular weight is 399 g/mol.